The van der Waals surface area contributed by atoms with Gasteiger partial charge in [-0.2, -0.15) is 0 Å². The first-order valence-electron chi connectivity index (χ1n) is 8.12. The minimum absolute atomic E-state index is 0. The summed E-state index contributed by atoms with van der Waals surface area (Å²) in [7, 11) is 3.57. The molecule has 23 heavy (non-hydrogen) atoms. The number of guanidine groups is 1. The van der Waals surface area contributed by atoms with Crippen molar-refractivity contribution >= 4 is 29.9 Å². The zero-order valence-corrected chi connectivity index (χ0v) is 17.1. The second-order valence-corrected chi connectivity index (χ2v) is 6.76. The van der Waals surface area contributed by atoms with Crippen LogP contribution in [0, 0.1) is 5.41 Å². The number of rotatable bonds is 5. The SMILES string of the molecule is CN=C(NCCCc1ccc(OC)cc1)N1CCC(C)(C)C1.I. The maximum Gasteiger partial charge on any atom is 0.193 e. The van der Waals surface area contributed by atoms with Crippen LogP contribution < -0.4 is 10.1 Å². The van der Waals surface area contributed by atoms with Crippen LogP contribution in [0.4, 0.5) is 0 Å². The first-order valence-corrected chi connectivity index (χ1v) is 8.12. The molecule has 1 saturated heterocycles. The molecule has 1 aliphatic heterocycles. The quantitative estimate of drug-likeness (QED) is 0.335. The summed E-state index contributed by atoms with van der Waals surface area (Å²) in [5.74, 6) is 1.96. The lowest BCUT2D eigenvalue weighted by atomic mass is 9.93. The van der Waals surface area contributed by atoms with Gasteiger partial charge in [0.1, 0.15) is 5.75 Å². The van der Waals surface area contributed by atoms with Gasteiger partial charge in [-0.25, -0.2) is 0 Å². The molecule has 0 unspecified atom stereocenters. The normalized spacial score (nSPS) is 16.9. The van der Waals surface area contributed by atoms with Crippen molar-refractivity contribution in [3.63, 3.8) is 0 Å². The molecule has 4 nitrogen and oxygen atoms in total. The molecule has 1 aliphatic rings. The van der Waals surface area contributed by atoms with Gasteiger partial charge < -0.3 is 15.0 Å². The Morgan fingerprint density at radius 3 is 2.52 bits per heavy atom. The van der Waals surface area contributed by atoms with Crippen LogP contribution in [0.25, 0.3) is 0 Å². The summed E-state index contributed by atoms with van der Waals surface area (Å²) in [6, 6.07) is 8.31. The van der Waals surface area contributed by atoms with Gasteiger partial charge >= 0.3 is 0 Å². The molecule has 1 heterocycles. The molecule has 0 atom stereocenters. The van der Waals surface area contributed by atoms with Crippen molar-refractivity contribution in [1.82, 2.24) is 10.2 Å². The highest BCUT2D eigenvalue weighted by Gasteiger charge is 2.30. The van der Waals surface area contributed by atoms with E-state index >= 15 is 0 Å². The zero-order chi connectivity index (χ0) is 16.0. The number of benzene rings is 1. The molecule has 1 aromatic rings. The minimum atomic E-state index is 0. The highest BCUT2D eigenvalue weighted by molar-refractivity contribution is 14.0. The molecule has 0 saturated carbocycles. The van der Waals surface area contributed by atoms with Crippen molar-refractivity contribution in [2.24, 2.45) is 10.4 Å². The number of nitrogens with zero attached hydrogens (tertiary/aromatic N) is 2. The predicted molar refractivity (Wildman–Crippen MR) is 108 cm³/mol. The Bertz CT molecular complexity index is 499. The number of hydrogen-bond donors (Lipinski definition) is 1. The van der Waals surface area contributed by atoms with Crippen molar-refractivity contribution in [2.45, 2.75) is 33.1 Å². The average molecular weight is 431 g/mol. The van der Waals surface area contributed by atoms with Crippen molar-refractivity contribution in [2.75, 3.05) is 33.8 Å². The molecular formula is C18H30IN3O. The molecule has 1 fully saturated rings. The van der Waals surface area contributed by atoms with Crippen molar-refractivity contribution < 1.29 is 4.74 Å². The number of likely N-dealkylation sites (tertiary alicyclic amines) is 1. The molecule has 130 valence electrons. The topological polar surface area (TPSA) is 36.9 Å². The van der Waals surface area contributed by atoms with Gasteiger partial charge in [-0.1, -0.05) is 26.0 Å². The highest BCUT2D eigenvalue weighted by Crippen LogP contribution is 2.28. The van der Waals surface area contributed by atoms with Crippen molar-refractivity contribution in [3.05, 3.63) is 29.8 Å². The van der Waals surface area contributed by atoms with E-state index in [4.69, 9.17) is 4.74 Å². The third-order valence-electron chi connectivity index (χ3n) is 4.27. The molecule has 5 heteroatoms. The number of ether oxygens (including phenoxy) is 1. The van der Waals surface area contributed by atoms with Crippen LogP contribution in [0.1, 0.15) is 32.3 Å². The van der Waals surface area contributed by atoms with E-state index in [0.29, 0.717) is 5.41 Å². The smallest absolute Gasteiger partial charge is 0.193 e. The van der Waals surface area contributed by atoms with Gasteiger partial charge in [0.15, 0.2) is 5.96 Å². The molecule has 2 rings (SSSR count). The molecule has 1 N–H and O–H groups in total. The summed E-state index contributed by atoms with van der Waals surface area (Å²) in [5.41, 5.74) is 1.75. The maximum atomic E-state index is 5.18. The first kappa shape index (κ1) is 20.1. The Morgan fingerprint density at radius 1 is 1.30 bits per heavy atom. The molecule has 0 amide bonds. The number of hydrogen-bond acceptors (Lipinski definition) is 2. The Balaban J connectivity index is 0.00000264. The standard InChI is InChI=1S/C18H29N3O.HI/c1-18(2)11-13-21(14-18)17(19-3)20-12-5-6-15-7-9-16(22-4)10-8-15;/h7-10H,5-6,11-14H2,1-4H3,(H,19,20);1H. The van der Waals surface area contributed by atoms with E-state index in [1.807, 2.05) is 19.2 Å². The number of halogens is 1. The van der Waals surface area contributed by atoms with Gasteiger partial charge in [0.05, 0.1) is 7.11 Å². The van der Waals surface area contributed by atoms with Gasteiger partial charge in [0.25, 0.3) is 0 Å². The number of methoxy groups -OCH3 is 1. The Kier molecular flexibility index (Phi) is 8.16. The van der Waals surface area contributed by atoms with E-state index in [1.165, 1.54) is 12.0 Å². The number of aliphatic imine (C=N–C) groups is 1. The van der Waals surface area contributed by atoms with Crippen LogP contribution in [0.2, 0.25) is 0 Å². The molecule has 0 aliphatic carbocycles. The van der Waals surface area contributed by atoms with Crippen LogP contribution in [-0.4, -0.2) is 44.7 Å². The second kappa shape index (κ2) is 9.35. The first-order chi connectivity index (χ1) is 10.5. The monoisotopic (exact) mass is 431 g/mol. The van der Waals surface area contributed by atoms with Crippen molar-refractivity contribution in [1.29, 1.82) is 0 Å². The molecule has 0 bridgehead atoms. The van der Waals surface area contributed by atoms with E-state index in [1.54, 1.807) is 7.11 Å². The molecule has 0 aromatic heterocycles. The predicted octanol–water partition coefficient (Wildman–Crippen LogP) is 3.55. The highest BCUT2D eigenvalue weighted by atomic mass is 127. The largest absolute Gasteiger partial charge is 0.497 e. The fourth-order valence-electron chi connectivity index (χ4n) is 2.91. The van der Waals surface area contributed by atoms with Gasteiger partial charge in [0.2, 0.25) is 0 Å². The number of nitrogens with one attached hydrogen (secondary N) is 1. The summed E-state index contributed by atoms with van der Waals surface area (Å²) in [4.78, 5) is 6.79. The fraction of sp³-hybridized carbons (Fsp3) is 0.611. The van der Waals surface area contributed by atoms with Crippen LogP contribution in [0.3, 0.4) is 0 Å². The van der Waals surface area contributed by atoms with E-state index in [-0.39, 0.29) is 24.0 Å². The Hall–Kier alpha value is -0.980. The summed E-state index contributed by atoms with van der Waals surface area (Å²) in [6.07, 6.45) is 3.40. The van der Waals surface area contributed by atoms with Crippen LogP contribution in [0.15, 0.2) is 29.3 Å². The Morgan fingerprint density at radius 2 is 2.00 bits per heavy atom. The van der Waals surface area contributed by atoms with E-state index in [9.17, 15) is 0 Å². The second-order valence-electron chi connectivity index (χ2n) is 6.76. The summed E-state index contributed by atoms with van der Waals surface area (Å²) in [5, 5.41) is 3.49. The molecule has 1 aromatic carbocycles. The lowest BCUT2D eigenvalue weighted by Gasteiger charge is -2.23. The summed E-state index contributed by atoms with van der Waals surface area (Å²) in [6.45, 7) is 7.79. The summed E-state index contributed by atoms with van der Waals surface area (Å²) < 4.78 is 5.18. The van der Waals surface area contributed by atoms with Crippen LogP contribution in [0.5, 0.6) is 5.75 Å². The van der Waals surface area contributed by atoms with Gasteiger partial charge in [0, 0.05) is 26.7 Å². The molecule has 0 radical (unpaired) electrons. The zero-order valence-electron chi connectivity index (χ0n) is 14.8. The maximum absolute atomic E-state index is 5.18. The summed E-state index contributed by atoms with van der Waals surface area (Å²) >= 11 is 0. The fourth-order valence-corrected chi connectivity index (χ4v) is 2.91. The van der Waals surface area contributed by atoms with E-state index in [2.05, 4.69) is 41.2 Å². The third kappa shape index (κ3) is 6.20. The molecular weight excluding hydrogens is 401 g/mol. The Labute approximate surface area is 157 Å². The van der Waals surface area contributed by atoms with Gasteiger partial charge in [-0.3, -0.25) is 4.99 Å². The van der Waals surface area contributed by atoms with Crippen LogP contribution in [-0.2, 0) is 6.42 Å². The lowest BCUT2D eigenvalue weighted by Crippen LogP contribution is -2.41. The van der Waals surface area contributed by atoms with Gasteiger partial charge in [-0.15, -0.1) is 24.0 Å². The molecule has 0 spiro atoms. The van der Waals surface area contributed by atoms with Crippen LogP contribution >= 0.6 is 24.0 Å². The number of aryl methyl sites for hydroxylation is 1. The lowest BCUT2D eigenvalue weighted by molar-refractivity contribution is 0.370. The average Bonchev–Trinajstić information content (AvgIpc) is 2.88. The minimum Gasteiger partial charge on any atom is -0.497 e. The van der Waals surface area contributed by atoms with E-state index in [0.717, 1.165) is 44.2 Å². The van der Waals surface area contributed by atoms with Gasteiger partial charge in [-0.05, 0) is 42.4 Å². The third-order valence-corrected chi connectivity index (χ3v) is 4.27. The van der Waals surface area contributed by atoms with Crippen molar-refractivity contribution in [3.8, 4) is 5.75 Å². The van der Waals surface area contributed by atoms with E-state index < -0.39 is 0 Å².